The second-order valence-electron chi connectivity index (χ2n) is 5.77. The molecule has 1 aromatic heterocycles. The van der Waals surface area contributed by atoms with Crippen LogP contribution in [0.2, 0.25) is 0 Å². The normalized spacial score (nSPS) is 10.4. The SMILES string of the molecule is O=C(Cc1coc(-c2ccccc2)n1)NCCNc1ccc([N+](=O)[O-])cc1. The molecule has 3 rings (SSSR count). The van der Waals surface area contributed by atoms with Crippen molar-refractivity contribution in [2.24, 2.45) is 0 Å². The summed E-state index contributed by atoms with van der Waals surface area (Å²) in [6.45, 7) is 0.914. The van der Waals surface area contributed by atoms with Crippen molar-refractivity contribution in [2.45, 2.75) is 6.42 Å². The van der Waals surface area contributed by atoms with Crippen LogP contribution in [-0.4, -0.2) is 28.9 Å². The molecule has 0 saturated carbocycles. The quantitative estimate of drug-likeness (QED) is 0.360. The molecule has 2 N–H and O–H groups in total. The fourth-order valence-corrected chi connectivity index (χ4v) is 2.44. The Morgan fingerprint density at radius 2 is 1.81 bits per heavy atom. The van der Waals surface area contributed by atoms with Crippen molar-refractivity contribution in [1.29, 1.82) is 0 Å². The number of nitro benzene ring substituents is 1. The number of amides is 1. The van der Waals surface area contributed by atoms with E-state index in [1.54, 1.807) is 12.1 Å². The number of nitrogens with zero attached hydrogens (tertiary/aromatic N) is 2. The molecule has 1 heterocycles. The third kappa shape index (κ3) is 5.15. The number of anilines is 1. The number of nitrogens with one attached hydrogen (secondary N) is 2. The maximum absolute atomic E-state index is 12.0. The fraction of sp³-hybridized carbons (Fsp3) is 0.158. The molecule has 8 heteroatoms. The summed E-state index contributed by atoms with van der Waals surface area (Å²) in [4.78, 5) is 26.5. The van der Waals surface area contributed by atoms with Gasteiger partial charge in [-0.05, 0) is 24.3 Å². The first-order valence-corrected chi connectivity index (χ1v) is 8.36. The first-order valence-electron chi connectivity index (χ1n) is 8.36. The lowest BCUT2D eigenvalue weighted by molar-refractivity contribution is -0.384. The first kappa shape index (κ1) is 18.1. The van der Waals surface area contributed by atoms with Gasteiger partial charge in [0.25, 0.3) is 5.69 Å². The number of benzene rings is 2. The van der Waals surface area contributed by atoms with Crippen LogP contribution in [-0.2, 0) is 11.2 Å². The van der Waals surface area contributed by atoms with Crippen molar-refractivity contribution in [3.63, 3.8) is 0 Å². The largest absolute Gasteiger partial charge is 0.444 e. The number of hydrogen-bond donors (Lipinski definition) is 2. The van der Waals surface area contributed by atoms with E-state index in [1.165, 1.54) is 18.4 Å². The minimum Gasteiger partial charge on any atom is -0.444 e. The summed E-state index contributed by atoms with van der Waals surface area (Å²) in [6, 6.07) is 15.6. The van der Waals surface area contributed by atoms with E-state index in [0.29, 0.717) is 24.7 Å². The highest BCUT2D eigenvalue weighted by atomic mass is 16.6. The van der Waals surface area contributed by atoms with Crippen molar-refractivity contribution in [1.82, 2.24) is 10.3 Å². The molecule has 138 valence electrons. The maximum atomic E-state index is 12.0. The molecule has 0 fully saturated rings. The zero-order chi connectivity index (χ0) is 19.1. The molecule has 2 aromatic carbocycles. The first-order chi connectivity index (χ1) is 13.1. The minimum absolute atomic E-state index is 0.0383. The van der Waals surface area contributed by atoms with Gasteiger partial charge in [0.15, 0.2) is 0 Å². The van der Waals surface area contributed by atoms with E-state index in [4.69, 9.17) is 4.42 Å². The summed E-state index contributed by atoms with van der Waals surface area (Å²) in [7, 11) is 0. The molecule has 1 amide bonds. The zero-order valence-electron chi connectivity index (χ0n) is 14.4. The van der Waals surface area contributed by atoms with Gasteiger partial charge in [-0.3, -0.25) is 14.9 Å². The summed E-state index contributed by atoms with van der Waals surface area (Å²) in [5.41, 5.74) is 2.21. The van der Waals surface area contributed by atoms with Gasteiger partial charge in [-0.25, -0.2) is 4.98 Å². The zero-order valence-corrected chi connectivity index (χ0v) is 14.4. The Labute approximate surface area is 155 Å². The predicted molar refractivity (Wildman–Crippen MR) is 100 cm³/mol. The van der Waals surface area contributed by atoms with Gasteiger partial charge in [-0.1, -0.05) is 18.2 Å². The van der Waals surface area contributed by atoms with Crippen molar-refractivity contribution in [3.8, 4) is 11.5 Å². The molecule has 0 atom stereocenters. The number of oxazole rings is 1. The molecule has 0 unspecified atom stereocenters. The summed E-state index contributed by atoms with van der Waals surface area (Å²) in [5, 5.41) is 16.5. The predicted octanol–water partition coefficient (Wildman–Crippen LogP) is 3.02. The van der Waals surface area contributed by atoms with E-state index >= 15 is 0 Å². The average molecular weight is 366 g/mol. The maximum Gasteiger partial charge on any atom is 0.269 e. The highest BCUT2D eigenvalue weighted by Crippen LogP contribution is 2.18. The van der Waals surface area contributed by atoms with Crippen LogP contribution in [0.15, 0.2) is 65.3 Å². The number of carbonyl (C=O) groups excluding carboxylic acids is 1. The van der Waals surface area contributed by atoms with Crippen LogP contribution >= 0.6 is 0 Å². The molecule has 0 radical (unpaired) electrons. The van der Waals surface area contributed by atoms with E-state index in [1.807, 2.05) is 30.3 Å². The second kappa shape index (κ2) is 8.61. The van der Waals surface area contributed by atoms with Crippen LogP contribution in [0.5, 0.6) is 0 Å². The van der Waals surface area contributed by atoms with Crippen LogP contribution in [0.4, 0.5) is 11.4 Å². The summed E-state index contributed by atoms with van der Waals surface area (Å²) in [6.07, 6.45) is 1.62. The molecule has 0 aliphatic rings. The highest BCUT2D eigenvalue weighted by molar-refractivity contribution is 5.78. The van der Waals surface area contributed by atoms with E-state index in [0.717, 1.165) is 11.3 Å². The van der Waals surface area contributed by atoms with Crippen LogP contribution < -0.4 is 10.6 Å². The second-order valence-corrected chi connectivity index (χ2v) is 5.77. The van der Waals surface area contributed by atoms with Gasteiger partial charge in [0.2, 0.25) is 11.8 Å². The monoisotopic (exact) mass is 366 g/mol. The van der Waals surface area contributed by atoms with E-state index in [-0.39, 0.29) is 18.0 Å². The number of nitro groups is 1. The third-order valence-corrected chi connectivity index (χ3v) is 3.77. The highest BCUT2D eigenvalue weighted by Gasteiger charge is 2.10. The van der Waals surface area contributed by atoms with Gasteiger partial charge in [0, 0.05) is 36.5 Å². The van der Waals surface area contributed by atoms with Gasteiger partial charge in [0.1, 0.15) is 6.26 Å². The number of hydrogen-bond acceptors (Lipinski definition) is 6. The standard InChI is InChI=1S/C19H18N4O4/c24-18(12-16-13-27-19(22-16)14-4-2-1-3-5-14)21-11-10-20-15-6-8-17(9-7-15)23(25)26/h1-9,13,20H,10-12H2,(H,21,24). The number of non-ortho nitro benzene ring substituents is 1. The Balaban J connectivity index is 1.41. The van der Waals surface area contributed by atoms with Crippen LogP contribution in [0.3, 0.4) is 0 Å². The van der Waals surface area contributed by atoms with Gasteiger partial charge >= 0.3 is 0 Å². The Hall–Kier alpha value is -3.68. The number of aromatic nitrogens is 1. The smallest absolute Gasteiger partial charge is 0.269 e. The molecule has 0 spiro atoms. The molecular weight excluding hydrogens is 348 g/mol. The Morgan fingerprint density at radius 1 is 1.07 bits per heavy atom. The lowest BCUT2D eigenvalue weighted by Gasteiger charge is -2.07. The lowest BCUT2D eigenvalue weighted by Crippen LogP contribution is -2.30. The molecule has 27 heavy (non-hydrogen) atoms. The summed E-state index contributed by atoms with van der Waals surface area (Å²) < 4.78 is 5.41. The fourth-order valence-electron chi connectivity index (χ4n) is 2.44. The molecule has 0 bridgehead atoms. The topological polar surface area (TPSA) is 110 Å². The van der Waals surface area contributed by atoms with Crippen LogP contribution in [0, 0.1) is 10.1 Å². The minimum atomic E-state index is -0.447. The summed E-state index contributed by atoms with van der Waals surface area (Å²) >= 11 is 0. The molecular formula is C19H18N4O4. The number of carbonyl (C=O) groups is 1. The van der Waals surface area contributed by atoms with Gasteiger partial charge in [0.05, 0.1) is 17.0 Å². The van der Waals surface area contributed by atoms with Crippen molar-refractivity contribution < 1.29 is 14.1 Å². The van der Waals surface area contributed by atoms with Crippen molar-refractivity contribution in [2.75, 3.05) is 18.4 Å². The van der Waals surface area contributed by atoms with E-state index in [9.17, 15) is 14.9 Å². The van der Waals surface area contributed by atoms with Crippen LogP contribution in [0.1, 0.15) is 5.69 Å². The lowest BCUT2D eigenvalue weighted by atomic mass is 10.2. The average Bonchev–Trinajstić information content (AvgIpc) is 3.15. The van der Waals surface area contributed by atoms with Crippen molar-refractivity contribution >= 4 is 17.3 Å². The Morgan fingerprint density at radius 3 is 2.52 bits per heavy atom. The molecule has 3 aromatic rings. The molecule has 8 nitrogen and oxygen atoms in total. The van der Waals surface area contributed by atoms with Gasteiger partial charge < -0.3 is 15.1 Å². The summed E-state index contributed by atoms with van der Waals surface area (Å²) in [5.74, 6) is 0.326. The van der Waals surface area contributed by atoms with E-state index in [2.05, 4.69) is 15.6 Å². The number of rotatable bonds is 8. The molecule has 0 aliphatic heterocycles. The van der Waals surface area contributed by atoms with Crippen LogP contribution in [0.25, 0.3) is 11.5 Å². The Bertz CT molecular complexity index is 907. The van der Waals surface area contributed by atoms with Gasteiger partial charge in [-0.15, -0.1) is 0 Å². The third-order valence-electron chi connectivity index (χ3n) is 3.77. The van der Waals surface area contributed by atoms with E-state index < -0.39 is 4.92 Å². The van der Waals surface area contributed by atoms with Gasteiger partial charge in [-0.2, -0.15) is 0 Å². The van der Waals surface area contributed by atoms with Crippen molar-refractivity contribution in [3.05, 3.63) is 76.7 Å². The molecule has 0 aliphatic carbocycles. The molecule has 0 saturated heterocycles. The Kier molecular flexibility index (Phi) is 5.78.